The fraction of sp³-hybridized carbons (Fsp3) is 0.889. The fourth-order valence-electron chi connectivity index (χ4n) is 2.39. The monoisotopic (exact) mass is 344 g/mol. The molecule has 0 aromatic rings. The number of rotatable bonds is 11. The van der Waals surface area contributed by atoms with Gasteiger partial charge in [-0.2, -0.15) is 0 Å². The van der Waals surface area contributed by atoms with Crippen LogP contribution >= 0.6 is 0 Å². The van der Waals surface area contributed by atoms with Crippen LogP contribution in [0.5, 0.6) is 0 Å². The van der Waals surface area contributed by atoms with Crippen molar-refractivity contribution < 1.29 is 28.5 Å². The lowest BCUT2D eigenvalue weighted by atomic mass is 9.91. The van der Waals surface area contributed by atoms with Crippen molar-refractivity contribution in [3.05, 3.63) is 0 Å². The number of hydrogen-bond acceptors (Lipinski definition) is 6. The maximum Gasteiger partial charge on any atom is 0.305 e. The van der Waals surface area contributed by atoms with Crippen LogP contribution in [-0.2, 0) is 28.5 Å². The highest BCUT2D eigenvalue weighted by Crippen LogP contribution is 2.28. The van der Waals surface area contributed by atoms with Crippen molar-refractivity contribution in [2.75, 3.05) is 26.4 Å². The number of esters is 2. The SMILES string of the molecule is CCCCC1OCC(COC(=O)CCC)(COC(=O)CCC)CO1. The van der Waals surface area contributed by atoms with Gasteiger partial charge in [-0.1, -0.05) is 27.2 Å². The van der Waals surface area contributed by atoms with Gasteiger partial charge < -0.3 is 18.9 Å². The van der Waals surface area contributed by atoms with Crippen LogP contribution in [-0.4, -0.2) is 44.7 Å². The first-order valence-electron chi connectivity index (χ1n) is 9.09. The Kier molecular flexibility index (Phi) is 9.95. The van der Waals surface area contributed by atoms with Gasteiger partial charge in [0.2, 0.25) is 0 Å². The Labute approximate surface area is 145 Å². The van der Waals surface area contributed by atoms with Crippen molar-refractivity contribution in [1.82, 2.24) is 0 Å². The second-order valence-electron chi connectivity index (χ2n) is 6.52. The molecule has 6 nitrogen and oxygen atoms in total. The van der Waals surface area contributed by atoms with Gasteiger partial charge in [-0.05, 0) is 25.7 Å². The van der Waals surface area contributed by atoms with Crippen molar-refractivity contribution in [1.29, 1.82) is 0 Å². The zero-order valence-corrected chi connectivity index (χ0v) is 15.3. The predicted molar refractivity (Wildman–Crippen MR) is 89.4 cm³/mol. The third kappa shape index (κ3) is 7.62. The van der Waals surface area contributed by atoms with Crippen LogP contribution < -0.4 is 0 Å². The number of carbonyl (C=O) groups is 2. The van der Waals surface area contributed by atoms with E-state index in [2.05, 4.69) is 6.92 Å². The van der Waals surface area contributed by atoms with E-state index in [-0.39, 0.29) is 31.4 Å². The summed E-state index contributed by atoms with van der Waals surface area (Å²) >= 11 is 0. The molecule has 0 spiro atoms. The Morgan fingerprint density at radius 2 is 1.42 bits per heavy atom. The Morgan fingerprint density at radius 1 is 0.917 bits per heavy atom. The van der Waals surface area contributed by atoms with Crippen LogP contribution in [0.1, 0.15) is 65.7 Å². The van der Waals surface area contributed by atoms with E-state index in [0.717, 1.165) is 32.1 Å². The Balaban J connectivity index is 2.56. The first-order valence-corrected chi connectivity index (χ1v) is 9.09. The van der Waals surface area contributed by atoms with E-state index in [1.165, 1.54) is 0 Å². The predicted octanol–water partition coefficient (Wildman–Crippen LogP) is 3.22. The van der Waals surface area contributed by atoms with E-state index in [1.54, 1.807) is 0 Å². The molecule has 0 N–H and O–H groups in total. The summed E-state index contributed by atoms with van der Waals surface area (Å²) in [5.74, 6) is -0.491. The molecule has 6 heteroatoms. The fourth-order valence-corrected chi connectivity index (χ4v) is 2.39. The number of unbranched alkanes of at least 4 members (excludes halogenated alkanes) is 1. The molecule has 1 saturated heterocycles. The van der Waals surface area contributed by atoms with Gasteiger partial charge in [-0.15, -0.1) is 0 Å². The van der Waals surface area contributed by atoms with Crippen LogP contribution in [0.25, 0.3) is 0 Å². The quantitative estimate of drug-likeness (QED) is 0.536. The van der Waals surface area contributed by atoms with Gasteiger partial charge in [0.15, 0.2) is 6.29 Å². The molecule has 0 aromatic carbocycles. The van der Waals surface area contributed by atoms with Crippen LogP contribution in [0.4, 0.5) is 0 Å². The first-order chi connectivity index (χ1) is 11.5. The van der Waals surface area contributed by atoms with Gasteiger partial charge in [0, 0.05) is 12.8 Å². The maximum absolute atomic E-state index is 11.7. The highest BCUT2D eigenvalue weighted by molar-refractivity contribution is 5.69. The molecule has 1 aliphatic rings. The summed E-state index contributed by atoms with van der Waals surface area (Å²) in [4.78, 5) is 23.3. The van der Waals surface area contributed by atoms with Crippen molar-refractivity contribution in [3.63, 3.8) is 0 Å². The maximum atomic E-state index is 11.7. The van der Waals surface area contributed by atoms with E-state index in [9.17, 15) is 9.59 Å². The summed E-state index contributed by atoms with van der Waals surface area (Å²) in [7, 11) is 0. The molecular formula is C18H32O6. The molecule has 0 aromatic heterocycles. The van der Waals surface area contributed by atoms with Crippen molar-refractivity contribution in [2.24, 2.45) is 5.41 Å². The number of hydrogen-bond donors (Lipinski definition) is 0. The van der Waals surface area contributed by atoms with Gasteiger partial charge in [-0.3, -0.25) is 9.59 Å². The molecule has 0 atom stereocenters. The van der Waals surface area contributed by atoms with Crippen molar-refractivity contribution in [3.8, 4) is 0 Å². The standard InChI is InChI=1S/C18H32O6/c1-4-7-10-17-23-13-18(14-24-17,11-21-15(19)8-5-2)12-22-16(20)9-6-3/h17H,4-14H2,1-3H3. The van der Waals surface area contributed by atoms with Crippen molar-refractivity contribution in [2.45, 2.75) is 72.0 Å². The normalized spacial score (nSPS) is 17.5. The molecule has 0 saturated carbocycles. The number of ether oxygens (including phenoxy) is 4. The molecule has 1 fully saturated rings. The van der Waals surface area contributed by atoms with E-state index in [4.69, 9.17) is 18.9 Å². The van der Waals surface area contributed by atoms with Crippen LogP contribution in [0.15, 0.2) is 0 Å². The molecular weight excluding hydrogens is 312 g/mol. The lowest BCUT2D eigenvalue weighted by molar-refractivity contribution is -0.249. The molecule has 0 aliphatic carbocycles. The van der Waals surface area contributed by atoms with E-state index in [1.807, 2.05) is 13.8 Å². The second-order valence-corrected chi connectivity index (χ2v) is 6.52. The lowest BCUT2D eigenvalue weighted by Crippen LogP contribution is -2.48. The minimum Gasteiger partial charge on any atom is -0.465 e. The van der Waals surface area contributed by atoms with Crippen LogP contribution in [0.2, 0.25) is 0 Å². The van der Waals surface area contributed by atoms with Gasteiger partial charge >= 0.3 is 11.9 Å². The summed E-state index contributed by atoms with van der Waals surface area (Å²) in [5, 5.41) is 0. The molecule has 0 unspecified atom stereocenters. The smallest absolute Gasteiger partial charge is 0.305 e. The lowest BCUT2D eigenvalue weighted by Gasteiger charge is -2.39. The minimum atomic E-state index is -0.616. The summed E-state index contributed by atoms with van der Waals surface area (Å²) in [5.41, 5.74) is -0.616. The largest absolute Gasteiger partial charge is 0.465 e. The first kappa shape index (κ1) is 20.9. The minimum absolute atomic E-state index is 0.145. The highest BCUT2D eigenvalue weighted by atomic mass is 16.7. The average Bonchev–Trinajstić information content (AvgIpc) is 2.58. The zero-order chi connectivity index (χ0) is 17.8. The van der Waals surface area contributed by atoms with Crippen LogP contribution in [0, 0.1) is 5.41 Å². The molecule has 0 bridgehead atoms. The summed E-state index contributed by atoms with van der Waals surface area (Å²) in [6, 6.07) is 0. The van der Waals surface area contributed by atoms with Crippen LogP contribution in [0.3, 0.4) is 0 Å². The topological polar surface area (TPSA) is 71.1 Å². The molecule has 1 heterocycles. The summed E-state index contributed by atoms with van der Waals surface area (Å²) in [6.07, 6.45) is 4.98. The third-order valence-corrected chi connectivity index (χ3v) is 3.93. The van der Waals surface area contributed by atoms with Crippen molar-refractivity contribution >= 4 is 11.9 Å². The summed E-state index contributed by atoms with van der Waals surface area (Å²) < 4.78 is 22.2. The van der Waals surface area contributed by atoms with Gasteiger partial charge in [0.25, 0.3) is 0 Å². The Morgan fingerprint density at radius 3 is 1.83 bits per heavy atom. The van der Waals surface area contributed by atoms with Gasteiger partial charge in [0.05, 0.1) is 18.6 Å². The zero-order valence-electron chi connectivity index (χ0n) is 15.3. The molecule has 0 radical (unpaired) electrons. The number of carbonyl (C=O) groups excluding carboxylic acids is 2. The second kappa shape index (κ2) is 11.4. The highest BCUT2D eigenvalue weighted by Gasteiger charge is 2.39. The molecule has 1 aliphatic heterocycles. The molecule has 0 amide bonds. The van der Waals surface area contributed by atoms with Gasteiger partial charge in [-0.25, -0.2) is 0 Å². The molecule has 140 valence electrons. The molecule has 1 rings (SSSR count). The Hall–Kier alpha value is -1.14. The average molecular weight is 344 g/mol. The van der Waals surface area contributed by atoms with E-state index in [0.29, 0.717) is 26.1 Å². The van der Waals surface area contributed by atoms with E-state index >= 15 is 0 Å². The van der Waals surface area contributed by atoms with E-state index < -0.39 is 5.41 Å². The Bertz CT molecular complexity index is 350. The van der Waals surface area contributed by atoms with Gasteiger partial charge in [0.1, 0.15) is 13.2 Å². The molecule has 24 heavy (non-hydrogen) atoms. The summed E-state index contributed by atoms with van der Waals surface area (Å²) in [6.45, 7) is 6.98. The third-order valence-electron chi connectivity index (χ3n) is 3.93.